The van der Waals surface area contributed by atoms with Crippen LogP contribution in [0.4, 0.5) is 0 Å². The third kappa shape index (κ3) is 5.14. The van der Waals surface area contributed by atoms with E-state index in [2.05, 4.69) is 39.4 Å². The molecule has 0 bridgehead atoms. The Morgan fingerprint density at radius 1 is 0.917 bits per heavy atom. The third-order valence-electron chi connectivity index (χ3n) is 3.66. The predicted molar refractivity (Wildman–Crippen MR) is 100 cm³/mol. The number of methoxy groups -OCH3 is 2. The Hall–Kier alpha value is -1.72. The molecule has 1 N–H and O–H groups in total. The molecule has 0 aromatic heterocycles. The maximum Gasteiger partial charge on any atom is 0.160 e. The van der Waals surface area contributed by atoms with Gasteiger partial charge in [0.15, 0.2) is 11.5 Å². The molecule has 0 unspecified atom stereocenters. The summed E-state index contributed by atoms with van der Waals surface area (Å²) in [5.41, 5.74) is 2.44. The Morgan fingerprint density at radius 2 is 1.62 bits per heavy atom. The Kier molecular flexibility index (Phi) is 7.40. The highest BCUT2D eigenvalue weighted by atomic mass is 79.9. The minimum atomic E-state index is 0.668. The molecule has 0 amide bonds. The first-order valence-corrected chi connectivity index (χ1v) is 8.80. The topological polar surface area (TPSA) is 39.7 Å². The normalized spacial score (nSPS) is 10.5. The molecule has 0 saturated heterocycles. The second kappa shape index (κ2) is 9.55. The van der Waals surface area contributed by atoms with E-state index >= 15 is 0 Å². The molecule has 0 saturated carbocycles. The van der Waals surface area contributed by atoms with Crippen molar-refractivity contribution in [2.24, 2.45) is 0 Å². The number of hydrogen-bond acceptors (Lipinski definition) is 4. The lowest BCUT2D eigenvalue weighted by atomic mass is 10.1. The van der Waals surface area contributed by atoms with Crippen molar-refractivity contribution in [2.45, 2.75) is 19.9 Å². The summed E-state index contributed by atoms with van der Waals surface area (Å²) in [7, 11) is 3.30. The highest BCUT2D eigenvalue weighted by Gasteiger charge is 2.05. The molecule has 0 aliphatic carbocycles. The van der Waals surface area contributed by atoms with E-state index in [0.29, 0.717) is 6.61 Å². The van der Waals surface area contributed by atoms with E-state index in [0.717, 1.165) is 41.2 Å². The molecule has 2 rings (SSSR count). The van der Waals surface area contributed by atoms with Crippen LogP contribution in [0.25, 0.3) is 0 Å². The van der Waals surface area contributed by atoms with Crippen LogP contribution in [0.2, 0.25) is 0 Å². The van der Waals surface area contributed by atoms with Crippen LogP contribution in [-0.2, 0) is 13.0 Å². The van der Waals surface area contributed by atoms with Crippen molar-refractivity contribution in [3.05, 3.63) is 52.0 Å². The van der Waals surface area contributed by atoms with Crippen molar-refractivity contribution in [1.29, 1.82) is 0 Å². The molecule has 5 heteroatoms. The standard InChI is InChI=1S/C19H24BrNO3/c1-4-24-17-7-6-15(11-16(17)20)13-21-10-9-14-5-8-18(22-2)19(12-14)23-3/h5-8,11-12,21H,4,9-10,13H2,1-3H3. The Balaban J connectivity index is 1.83. The van der Waals surface area contributed by atoms with E-state index in [9.17, 15) is 0 Å². The molecule has 130 valence electrons. The zero-order valence-electron chi connectivity index (χ0n) is 14.4. The van der Waals surface area contributed by atoms with Crippen molar-refractivity contribution < 1.29 is 14.2 Å². The molecule has 24 heavy (non-hydrogen) atoms. The van der Waals surface area contributed by atoms with Crippen molar-refractivity contribution in [2.75, 3.05) is 27.4 Å². The highest BCUT2D eigenvalue weighted by Crippen LogP contribution is 2.28. The fraction of sp³-hybridized carbons (Fsp3) is 0.368. The van der Waals surface area contributed by atoms with Crippen LogP contribution in [0.3, 0.4) is 0 Å². The van der Waals surface area contributed by atoms with Gasteiger partial charge in [-0.05, 0) is 71.2 Å². The summed E-state index contributed by atoms with van der Waals surface area (Å²) in [5.74, 6) is 2.41. The molecule has 2 aromatic rings. The number of halogens is 1. The van der Waals surface area contributed by atoms with E-state index < -0.39 is 0 Å². The van der Waals surface area contributed by atoms with Gasteiger partial charge in [0.25, 0.3) is 0 Å². The molecule has 0 heterocycles. The monoisotopic (exact) mass is 393 g/mol. The molecule has 2 aromatic carbocycles. The highest BCUT2D eigenvalue weighted by molar-refractivity contribution is 9.10. The molecular formula is C19H24BrNO3. The second-order valence-corrected chi connectivity index (χ2v) is 6.17. The van der Waals surface area contributed by atoms with Crippen LogP contribution in [0.5, 0.6) is 17.2 Å². The van der Waals surface area contributed by atoms with E-state index in [4.69, 9.17) is 14.2 Å². The van der Waals surface area contributed by atoms with Gasteiger partial charge in [-0.25, -0.2) is 0 Å². The van der Waals surface area contributed by atoms with Crippen LogP contribution in [-0.4, -0.2) is 27.4 Å². The summed E-state index contributed by atoms with van der Waals surface area (Å²) >= 11 is 3.54. The second-order valence-electron chi connectivity index (χ2n) is 5.31. The first kappa shape index (κ1) is 18.6. The molecular weight excluding hydrogens is 370 g/mol. The van der Waals surface area contributed by atoms with Crippen LogP contribution in [0.1, 0.15) is 18.1 Å². The van der Waals surface area contributed by atoms with Gasteiger partial charge in [-0.3, -0.25) is 0 Å². The van der Waals surface area contributed by atoms with Gasteiger partial charge in [-0.2, -0.15) is 0 Å². The maximum atomic E-state index is 5.53. The van der Waals surface area contributed by atoms with E-state index in [1.54, 1.807) is 14.2 Å². The fourth-order valence-electron chi connectivity index (χ4n) is 2.43. The van der Waals surface area contributed by atoms with E-state index in [1.807, 2.05) is 25.1 Å². The summed E-state index contributed by atoms with van der Waals surface area (Å²) in [6, 6.07) is 12.2. The van der Waals surface area contributed by atoms with Gasteiger partial charge >= 0.3 is 0 Å². The Morgan fingerprint density at radius 3 is 2.29 bits per heavy atom. The lowest BCUT2D eigenvalue weighted by Crippen LogP contribution is -2.16. The van der Waals surface area contributed by atoms with Gasteiger partial charge in [0.05, 0.1) is 25.3 Å². The number of nitrogens with one attached hydrogen (secondary N) is 1. The molecule has 4 nitrogen and oxygen atoms in total. The van der Waals surface area contributed by atoms with Gasteiger partial charge in [0, 0.05) is 6.54 Å². The largest absolute Gasteiger partial charge is 0.493 e. The maximum absolute atomic E-state index is 5.53. The summed E-state index contributed by atoms with van der Waals surface area (Å²) < 4.78 is 17.1. The molecule has 0 fully saturated rings. The number of rotatable bonds is 9. The first-order chi connectivity index (χ1) is 11.7. The smallest absolute Gasteiger partial charge is 0.160 e. The molecule has 0 spiro atoms. The van der Waals surface area contributed by atoms with Gasteiger partial charge in [0.1, 0.15) is 5.75 Å². The fourth-order valence-corrected chi connectivity index (χ4v) is 2.97. The minimum Gasteiger partial charge on any atom is -0.493 e. The zero-order chi connectivity index (χ0) is 17.4. The molecule has 0 atom stereocenters. The van der Waals surface area contributed by atoms with Crippen LogP contribution in [0, 0.1) is 0 Å². The molecule has 0 aliphatic heterocycles. The average molecular weight is 394 g/mol. The lowest BCUT2D eigenvalue weighted by molar-refractivity contribution is 0.338. The van der Waals surface area contributed by atoms with Crippen molar-refractivity contribution in [1.82, 2.24) is 5.32 Å². The number of hydrogen-bond donors (Lipinski definition) is 1. The third-order valence-corrected chi connectivity index (χ3v) is 4.28. The Labute approximate surface area is 152 Å². The van der Waals surface area contributed by atoms with E-state index in [-0.39, 0.29) is 0 Å². The predicted octanol–water partition coefficient (Wildman–Crippen LogP) is 4.20. The van der Waals surface area contributed by atoms with Crippen LogP contribution < -0.4 is 19.5 Å². The Bertz CT molecular complexity index is 661. The number of ether oxygens (including phenoxy) is 3. The first-order valence-electron chi connectivity index (χ1n) is 8.00. The quantitative estimate of drug-likeness (QED) is 0.648. The van der Waals surface area contributed by atoms with Gasteiger partial charge in [0.2, 0.25) is 0 Å². The average Bonchev–Trinajstić information content (AvgIpc) is 2.60. The SMILES string of the molecule is CCOc1ccc(CNCCc2ccc(OC)c(OC)c2)cc1Br. The zero-order valence-corrected chi connectivity index (χ0v) is 16.0. The summed E-state index contributed by atoms with van der Waals surface area (Å²) in [6.45, 7) is 4.36. The number of benzene rings is 2. The van der Waals surface area contributed by atoms with Crippen LogP contribution in [0.15, 0.2) is 40.9 Å². The van der Waals surface area contributed by atoms with E-state index in [1.165, 1.54) is 11.1 Å². The van der Waals surface area contributed by atoms with Crippen molar-refractivity contribution in [3.63, 3.8) is 0 Å². The summed E-state index contributed by atoms with van der Waals surface area (Å²) in [5, 5.41) is 3.46. The van der Waals surface area contributed by atoms with Crippen molar-refractivity contribution >= 4 is 15.9 Å². The summed E-state index contributed by atoms with van der Waals surface area (Å²) in [6.07, 6.45) is 0.929. The minimum absolute atomic E-state index is 0.668. The van der Waals surface area contributed by atoms with Gasteiger partial charge in [-0.1, -0.05) is 12.1 Å². The van der Waals surface area contributed by atoms with Gasteiger partial charge in [-0.15, -0.1) is 0 Å². The summed E-state index contributed by atoms with van der Waals surface area (Å²) in [4.78, 5) is 0. The molecule has 0 radical (unpaired) electrons. The van der Waals surface area contributed by atoms with Crippen LogP contribution >= 0.6 is 15.9 Å². The lowest BCUT2D eigenvalue weighted by Gasteiger charge is -2.11. The van der Waals surface area contributed by atoms with Gasteiger partial charge < -0.3 is 19.5 Å². The molecule has 0 aliphatic rings. The van der Waals surface area contributed by atoms with Crippen molar-refractivity contribution in [3.8, 4) is 17.2 Å².